The van der Waals surface area contributed by atoms with Crippen molar-refractivity contribution in [3.63, 3.8) is 0 Å². The lowest BCUT2D eigenvalue weighted by Crippen LogP contribution is -2.27. The summed E-state index contributed by atoms with van der Waals surface area (Å²) in [5, 5.41) is 2.01. The zero-order chi connectivity index (χ0) is 12.3. The lowest BCUT2D eigenvalue weighted by Gasteiger charge is -2.38. The molecule has 0 unspecified atom stereocenters. The number of hydrogen-bond acceptors (Lipinski definition) is 1. The lowest BCUT2D eigenvalue weighted by atomic mass is 9.72. The Bertz CT molecular complexity index is 214. The van der Waals surface area contributed by atoms with Gasteiger partial charge in [0.2, 0.25) is 0 Å². The van der Waals surface area contributed by atoms with Crippen molar-refractivity contribution in [3.05, 3.63) is 0 Å². The summed E-state index contributed by atoms with van der Waals surface area (Å²) in [5.74, 6) is 0.978. The summed E-state index contributed by atoms with van der Waals surface area (Å²) in [4.78, 5) is 0. The number of hydrogen-bond donors (Lipinski definition) is 0. The van der Waals surface area contributed by atoms with Gasteiger partial charge in [-0.25, -0.2) is 0 Å². The molecule has 0 aliphatic heterocycles. The second-order valence-electron chi connectivity index (χ2n) is 7.24. The molecule has 0 aromatic carbocycles. The summed E-state index contributed by atoms with van der Waals surface area (Å²) >= 11 is 2.35. The number of thioether (sulfide) groups is 1. The van der Waals surface area contributed by atoms with Gasteiger partial charge >= 0.3 is 0 Å². The van der Waals surface area contributed by atoms with Crippen LogP contribution in [0.25, 0.3) is 0 Å². The Kier molecular flexibility index (Phi) is 4.86. The van der Waals surface area contributed by atoms with Crippen LogP contribution in [0, 0.1) is 11.3 Å². The van der Waals surface area contributed by atoms with Gasteiger partial charge in [-0.3, -0.25) is 0 Å². The van der Waals surface area contributed by atoms with Gasteiger partial charge in [-0.15, -0.1) is 0 Å². The molecule has 2 aliphatic rings. The van der Waals surface area contributed by atoms with Crippen molar-refractivity contribution in [3.8, 4) is 0 Å². The summed E-state index contributed by atoms with van der Waals surface area (Å²) in [7, 11) is 0. The van der Waals surface area contributed by atoms with Gasteiger partial charge in [0.1, 0.15) is 0 Å². The third-order valence-corrected chi connectivity index (χ3v) is 6.55. The highest BCUT2D eigenvalue weighted by Crippen LogP contribution is 2.43. The van der Waals surface area contributed by atoms with E-state index in [0.717, 1.165) is 16.4 Å². The van der Waals surface area contributed by atoms with E-state index < -0.39 is 0 Å². The van der Waals surface area contributed by atoms with Crippen LogP contribution in [0.15, 0.2) is 0 Å². The van der Waals surface area contributed by atoms with Crippen LogP contribution in [0.5, 0.6) is 0 Å². The molecule has 0 amide bonds. The Morgan fingerprint density at radius 3 is 1.76 bits per heavy atom. The highest BCUT2D eigenvalue weighted by Gasteiger charge is 2.30. The molecule has 100 valence electrons. The summed E-state index contributed by atoms with van der Waals surface area (Å²) < 4.78 is 0. The molecule has 0 radical (unpaired) electrons. The first-order valence-corrected chi connectivity index (χ1v) is 8.65. The summed E-state index contributed by atoms with van der Waals surface area (Å²) in [5.41, 5.74) is 0.542. The fraction of sp³-hybridized carbons (Fsp3) is 1.00. The SMILES string of the molecule is CC(C)(C)C1CCC(SC2CCCCC2)CC1. The maximum atomic E-state index is 2.42. The standard InChI is InChI=1S/C16H30S/c1-16(2,3)13-9-11-15(12-10-13)17-14-7-5-4-6-8-14/h13-15H,4-12H2,1-3H3. The largest absolute Gasteiger partial charge is 0.155 e. The molecule has 0 saturated heterocycles. The van der Waals surface area contributed by atoms with Crippen LogP contribution in [-0.4, -0.2) is 10.5 Å². The van der Waals surface area contributed by atoms with E-state index in [9.17, 15) is 0 Å². The van der Waals surface area contributed by atoms with Gasteiger partial charge in [-0.05, 0) is 49.9 Å². The molecule has 2 fully saturated rings. The average molecular weight is 254 g/mol. The van der Waals surface area contributed by atoms with Gasteiger partial charge < -0.3 is 0 Å². The molecule has 0 N–H and O–H groups in total. The van der Waals surface area contributed by atoms with Crippen molar-refractivity contribution in [2.45, 2.75) is 89.1 Å². The van der Waals surface area contributed by atoms with Crippen LogP contribution in [0.3, 0.4) is 0 Å². The minimum atomic E-state index is 0.542. The van der Waals surface area contributed by atoms with E-state index in [1.54, 1.807) is 0 Å². The van der Waals surface area contributed by atoms with Gasteiger partial charge in [0.15, 0.2) is 0 Å². The van der Waals surface area contributed by atoms with E-state index in [-0.39, 0.29) is 0 Å². The normalized spacial score (nSPS) is 32.6. The second-order valence-corrected chi connectivity index (χ2v) is 8.84. The molecule has 0 bridgehead atoms. The first-order chi connectivity index (χ1) is 8.05. The quantitative estimate of drug-likeness (QED) is 0.613. The Balaban J connectivity index is 1.71. The molecule has 17 heavy (non-hydrogen) atoms. The van der Waals surface area contributed by atoms with E-state index in [1.807, 2.05) is 0 Å². The molecular weight excluding hydrogens is 224 g/mol. The van der Waals surface area contributed by atoms with E-state index in [0.29, 0.717) is 5.41 Å². The summed E-state index contributed by atoms with van der Waals surface area (Å²) in [6, 6.07) is 0. The second kappa shape index (κ2) is 5.99. The smallest absolute Gasteiger partial charge is 0.00500 e. The monoisotopic (exact) mass is 254 g/mol. The van der Waals surface area contributed by atoms with Gasteiger partial charge in [-0.2, -0.15) is 11.8 Å². The first kappa shape index (κ1) is 13.8. The minimum absolute atomic E-state index is 0.542. The van der Waals surface area contributed by atoms with Gasteiger partial charge in [-0.1, -0.05) is 40.0 Å². The molecular formula is C16H30S. The van der Waals surface area contributed by atoms with Crippen molar-refractivity contribution in [1.82, 2.24) is 0 Å². The Morgan fingerprint density at radius 1 is 0.706 bits per heavy atom. The lowest BCUT2D eigenvalue weighted by molar-refractivity contribution is 0.182. The van der Waals surface area contributed by atoms with Gasteiger partial charge in [0, 0.05) is 10.5 Å². The maximum Gasteiger partial charge on any atom is 0.00500 e. The highest BCUT2D eigenvalue weighted by atomic mass is 32.2. The van der Waals surface area contributed by atoms with E-state index in [4.69, 9.17) is 0 Å². The molecule has 0 aromatic rings. The van der Waals surface area contributed by atoms with Crippen molar-refractivity contribution >= 4 is 11.8 Å². The number of rotatable bonds is 2. The highest BCUT2D eigenvalue weighted by molar-refractivity contribution is 8.00. The van der Waals surface area contributed by atoms with Crippen LogP contribution in [-0.2, 0) is 0 Å². The average Bonchev–Trinajstić information content (AvgIpc) is 2.30. The fourth-order valence-electron chi connectivity index (χ4n) is 3.54. The molecule has 0 heterocycles. The predicted molar refractivity (Wildman–Crippen MR) is 79.7 cm³/mol. The third-order valence-electron chi connectivity index (χ3n) is 4.84. The Labute approximate surface area is 112 Å². The van der Waals surface area contributed by atoms with Gasteiger partial charge in [0.25, 0.3) is 0 Å². The molecule has 0 spiro atoms. The molecule has 2 saturated carbocycles. The van der Waals surface area contributed by atoms with Crippen molar-refractivity contribution < 1.29 is 0 Å². The Hall–Kier alpha value is 0.350. The van der Waals surface area contributed by atoms with Crippen LogP contribution < -0.4 is 0 Å². The molecule has 2 rings (SSSR count). The van der Waals surface area contributed by atoms with Crippen molar-refractivity contribution in [2.75, 3.05) is 0 Å². The predicted octanol–water partition coefficient (Wildman–Crippen LogP) is 5.66. The first-order valence-electron chi connectivity index (χ1n) is 7.71. The summed E-state index contributed by atoms with van der Waals surface area (Å²) in [6.07, 6.45) is 13.4. The van der Waals surface area contributed by atoms with Crippen LogP contribution in [0.4, 0.5) is 0 Å². The topological polar surface area (TPSA) is 0 Å². The molecule has 0 aromatic heterocycles. The van der Waals surface area contributed by atoms with Crippen LogP contribution in [0.2, 0.25) is 0 Å². The molecule has 0 atom stereocenters. The maximum absolute atomic E-state index is 2.42. The van der Waals surface area contributed by atoms with Gasteiger partial charge in [0.05, 0.1) is 0 Å². The minimum Gasteiger partial charge on any atom is -0.155 e. The van der Waals surface area contributed by atoms with E-state index in [2.05, 4.69) is 32.5 Å². The fourth-order valence-corrected chi connectivity index (χ4v) is 5.23. The van der Waals surface area contributed by atoms with E-state index >= 15 is 0 Å². The molecule has 0 nitrogen and oxygen atoms in total. The van der Waals surface area contributed by atoms with Crippen molar-refractivity contribution in [2.24, 2.45) is 11.3 Å². The molecule has 1 heteroatoms. The zero-order valence-electron chi connectivity index (χ0n) is 12.0. The zero-order valence-corrected chi connectivity index (χ0v) is 12.8. The van der Waals surface area contributed by atoms with Crippen LogP contribution >= 0.6 is 11.8 Å². The summed E-state index contributed by atoms with van der Waals surface area (Å²) in [6.45, 7) is 7.27. The molecule has 2 aliphatic carbocycles. The van der Waals surface area contributed by atoms with Crippen LogP contribution in [0.1, 0.15) is 78.6 Å². The third kappa shape index (κ3) is 4.19. The van der Waals surface area contributed by atoms with Crippen molar-refractivity contribution in [1.29, 1.82) is 0 Å². The van der Waals surface area contributed by atoms with E-state index in [1.165, 1.54) is 57.8 Å². The Morgan fingerprint density at radius 2 is 1.24 bits per heavy atom.